The van der Waals surface area contributed by atoms with Gasteiger partial charge in [-0.3, -0.25) is 14.9 Å². The Morgan fingerprint density at radius 2 is 2.21 bits per heavy atom. The van der Waals surface area contributed by atoms with E-state index in [1.165, 1.54) is 12.1 Å². The summed E-state index contributed by atoms with van der Waals surface area (Å²) < 4.78 is 0. The van der Waals surface area contributed by atoms with E-state index in [2.05, 4.69) is 5.32 Å². The van der Waals surface area contributed by atoms with Crippen LogP contribution in [0.4, 0.5) is 11.4 Å². The molecule has 102 valence electrons. The average molecular weight is 264 g/mol. The van der Waals surface area contributed by atoms with Gasteiger partial charge in [-0.1, -0.05) is 12.5 Å². The molecule has 6 heteroatoms. The number of nitro benzene ring substituents is 1. The first-order chi connectivity index (χ1) is 9.06. The largest absolute Gasteiger partial charge is 0.481 e. The zero-order valence-corrected chi connectivity index (χ0v) is 10.4. The summed E-state index contributed by atoms with van der Waals surface area (Å²) in [4.78, 5) is 21.2. The normalized spacial score (nSPS) is 22.7. The zero-order chi connectivity index (χ0) is 13.8. The third-order valence-corrected chi connectivity index (χ3v) is 3.45. The van der Waals surface area contributed by atoms with Gasteiger partial charge >= 0.3 is 5.97 Å². The number of carboxylic acids is 1. The van der Waals surface area contributed by atoms with Crippen LogP contribution < -0.4 is 5.32 Å². The number of non-ortho nitro benzene ring substituents is 1. The number of anilines is 1. The number of nitrogens with one attached hydrogen (secondary N) is 1. The lowest BCUT2D eigenvalue weighted by molar-refractivity contribution is -0.384. The highest BCUT2D eigenvalue weighted by molar-refractivity contribution is 5.70. The van der Waals surface area contributed by atoms with E-state index >= 15 is 0 Å². The maximum Gasteiger partial charge on any atom is 0.306 e. The van der Waals surface area contributed by atoms with Gasteiger partial charge in [0.05, 0.1) is 10.8 Å². The lowest BCUT2D eigenvalue weighted by Crippen LogP contribution is -2.30. The van der Waals surface area contributed by atoms with Gasteiger partial charge in [0.1, 0.15) is 0 Å². The molecule has 0 aliphatic heterocycles. The van der Waals surface area contributed by atoms with Gasteiger partial charge in [0.15, 0.2) is 0 Å². The maximum absolute atomic E-state index is 11.0. The number of nitro groups is 1. The summed E-state index contributed by atoms with van der Waals surface area (Å²) in [6, 6.07) is 6.36. The number of hydrogen-bond donors (Lipinski definition) is 2. The quantitative estimate of drug-likeness (QED) is 0.644. The summed E-state index contributed by atoms with van der Waals surface area (Å²) >= 11 is 0. The van der Waals surface area contributed by atoms with E-state index in [0.29, 0.717) is 18.5 Å². The predicted octanol–water partition coefficient (Wildman–Crippen LogP) is 2.65. The van der Waals surface area contributed by atoms with Gasteiger partial charge in [-0.2, -0.15) is 0 Å². The van der Waals surface area contributed by atoms with E-state index in [9.17, 15) is 14.9 Å². The Morgan fingerprint density at radius 3 is 2.89 bits per heavy atom. The molecule has 19 heavy (non-hydrogen) atoms. The Hall–Kier alpha value is -2.11. The van der Waals surface area contributed by atoms with Crippen molar-refractivity contribution in [2.75, 3.05) is 5.32 Å². The first-order valence-electron chi connectivity index (χ1n) is 6.30. The monoisotopic (exact) mass is 264 g/mol. The van der Waals surface area contributed by atoms with E-state index in [-0.39, 0.29) is 17.6 Å². The Bertz CT molecular complexity index is 489. The standard InChI is InChI=1S/C13H16N2O4/c16-13(17)9-3-1-4-10(7-9)14-11-5-2-6-12(8-11)15(18)19/h2,5-6,8-10,14H,1,3-4,7H2,(H,16,17). The van der Waals surface area contributed by atoms with Crippen molar-refractivity contribution in [3.63, 3.8) is 0 Å². The highest BCUT2D eigenvalue weighted by atomic mass is 16.6. The van der Waals surface area contributed by atoms with Crippen LogP contribution in [-0.2, 0) is 4.79 Å². The number of carboxylic acid groups (broad SMARTS) is 1. The highest BCUT2D eigenvalue weighted by Gasteiger charge is 2.26. The Balaban J connectivity index is 2.02. The summed E-state index contributed by atoms with van der Waals surface area (Å²) in [6.45, 7) is 0. The van der Waals surface area contributed by atoms with Crippen LogP contribution in [0.1, 0.15) is 25.7 Å². The third-order valence-electron chi connectivity index (χ3n) is 3.45. The van der Waals surface area contributed by atoms with Crippen LogP contribution in [0.5, 0.6) is 0 Å². The van der Waals surface area contributed by atoms with Gasteiger partial charge < -0.3 is 10.4 Å². The van der Waals surface area contributed by atoms with Crippen LogP contribution in [0.15, 0.2) is 24.3 Å². The van der Waals surface area contributed by atoms with E-state index in [1.54, 1.807) is 12.1 Å². The van der Waals surface area contributed by atoms with Gasteiger partial charge in [-0.25, -0.2) is 0 Å². The summed E-state index contributed by atoms with van der Waals surface area (Å²) in [5.41, 5.74) is 0.709. The minimum Gasteiger partial charge on any atom is -0.481 e. The molecule has 1 aromatic rings. The van der Waals surface area contributed by atoms with Crippen molar-refractivity contribution in [2.24, 2.45) is 5.92 Å². The fraction of sp³-hybridized carbons (Fsp3) is 0.462. The molecule has 0 bridgehead atoms. The number of rotatable bonds is 4. The van der Waals surface area contributed by atoms with E-state index < -0.39 is 10.9 Å². The molecule has 0 amide bonds. The molecular formula is C13H16N2O4. The fourth-order valence-corrected chi connectivity index (χ4v) is 2.49. The average Bonchev–Trinajstić information content (AvgIpc) is 2.39. The predicted molar refractivity (Wildman–Crippen MR) is 70.1 cm³/mol. The van der Waals surface area contributed by atoms with Crippen LogP contribution >= 0.6 is 0 Å². The highest BCUT2D eigenvalue weighted by Crippen LogP contribution is 2.27. The van der Waals surface area contributed by atoms with Gasteiger partial charge in [0.2, 0.25) is 0 Å². The molecular weight excluding hydrogens is 248 g/mol. The van der Waals surface area contributed by atoms with Crippen molar-refractivity contribution in [2.45, 2.75) is 31.7 Å². The number of hydrogen-bond acceptors (Lipinski definition) is 4. The molecule has 2 rings (SSSR count). The molecule has 2 N–H and O–H groups in total. The van der Waals surface area contributed by atoms with Crippen molar-refractivity contribution in [3.05, 3.63) is 34.4 Å². The Kier molecular flexibility index (Phi) is 3.99. The van der Waals surface area contributed by atoms with E-state index in [0.717, 1.165) is 12.8 Å². The number of nitrogens with zero attached hydrogens (tertiary/aromatic N) is 1. The van der Waals surface area contributed by atoms with Crippen LogP contribution in [0, 0.1) is 16.0 Å². The van der Waals surface area contributed by atoms with E-state index in [4.69, 9.17) is 5.11 Å². The second-order valence-corrected chi connectivity index (χ2v) is 4.85. The second-order valence-electron chi connectivity index (χ2n) is 4.85. The third kappa shape index (κ3) is 3.43. The molecule has 1 aliphatic rings. The molecule has 6 nitrogen and oxygen atoms in total. The van der Waals surface area contributed by atoms with Crippen LogP contribution in [0.3, 0.4) is 0 Å². The molecule has 1 fully saturated rings. The summed E-state index contributed by atoms with van der Waals surface area (Å²) in [5, 5.41) is 22.9. The first kappa shape index (κ1) is 13.3. The second kappa shape index (κ2) is 5.69. The van der Waals surface area contributed by atoms with Gasteiger partial charge in [0.25, 0.3) is 5.69 Å². The number of aliphatic carboxylic acids is 1. The van der Waals surface area contributed by atoms with Crippen molar-refractivity contribution in [1.29, 1.82) is 0 Å². The number of carbonyl (C=O) groups is 1. The SMILES string of the molecule is O=C(O)C1CCCC(Nc2cccc([N+](=O)[O-])c2)C1. The minimum atomic E-state index is -0.759. The fourth-order valence-electron chi connectivity index (χ4n) is 2.49. The Labute approximate surface area is 110 Å². The minimum absolute atomic E-state index is 0.0376. The van der Waals surface area contributed by atoms with E-state index in [1.807, 2.05) is 0 Å². The molecule has 0 heterocycles. The van der Waals surface area contributed by atoms with Crippen molar-refractivity contribution >= 4 is 17.3 Å². The van der Waals surface area contributed by atoms with Crippen LogP contribution in [0.25, 0.3) is 0 Å². The van der Waals surface area contributed by atoms with Gasteiger partial charge in [0, 0.05) is 23.9 Å². The molecule has 1 aliphatic carbocycles. The molecule has 0 aromatic heterocycles. The van der Waals surface area contributed by atoms with Crippen LogP contribution in [0.2, 0.25) is 0 Å². The summed E-state index contributed by atoms with van der Waals surface area (Å²) in [6.07, 6.45) is 3.04. The maximum atomic E-state index is 11.0. The molecule has 0 radical (unpaired) electrons. The van der Waals surface area contributed by atoms with Gasteiger partial charge in [-0.15, -0.1) is 0 Å². The molecule has 2 atom stereocenters. The van der Waals surface area contributed by atoms with Crippen molar-refractivity contribution < 1.29 is 14.8 Å². The summed E-state index contributed by atoms with van der Waals surface area (Å²) in [7, 11) is 0. The lowest BCUT2D eigenvalue weighted by Gasteiger charge is -2.28. The van der Waals surface area contributed by atoms with Crippen LogP contribution in [-0.4, -0.2) is 22.0 Å². The molecule has 0 spiro atoms. The Morgan fingerprint density at radius 1 is 1.42 bits per heavy atom. The van der Waals surface area contributed by atoms with Crippen molar-refractivity contribution in [1.82, 2.24) is 0 Å². The summed E-state index contributed by atoms with van der Waals surface area (Å²) in [5.74, 6) is -1.07. The molecule has 1 aromatic carbocycles. The smallest absolute Gasteiger partial charge is 0.306 e. The van der Waals surface area contributed by atoms with Gasteiger partial charge in [-0.05, 0) is 25.3 Å². The van der Waals surface area contributed by atoms with Crippen molar-refractivity contribution in [3.8, 4) is 0 Å². The lowest BCUT2D eigenvalue weighted by atomic mass is 9.85. The molecule has 1 saturated carbocycles. The topological polar surface area (TPSA) is 92.5 Å². The zero-order valence-electron chi connectivity index (χ0n) is 10.4. The molecule has 0 saturated heterocycles. The number of benzene rings is 1. The molecule has 2 unspecified atom stereocenters. The first-order valence-corrected chi connectivity index (χ1v) is 6.30.